The molecule has 146 valence electrons. The van der Waals surface area contributed by atoms with Crippen molar-refractivity contribution in [3.05, 3.63) is 75.8 Å². The monoisotopic (exact) mass is 426 g/mol. The second kappa shape index (κ2) is 8.18. The van der Waals surface area contributed by atoms with Gasteiger partial charge in [-0.25, -0.2) is 4.39 Å². The van der Waals surface area contributed by atoms with E-state index in [1.54, 1.807) is 18.2 Å². The van der Waals surface area contributed by atoms with Crippen LogP contribution in [-0.2, 0) is 4.79 Å². The number of rotatable bonds is 5. The number of thiophene rings is 1. The fraction of sp³-hybridized carbons (Fsp3) is 0.0952. The van der Waals surface area contributed by atoms with Crippen LogP contribution in [0.1, 0.15) is 15.2 Å². The third-order valence-electron chi connectivity index (χ3n) is 4.32. The first kappa shape index (κ1) is 19.4. The minimum atomic E-state index is -0.374. The Morgan fingerprint density at radius 1 is 1.10 bits per heavy atom. The van der Waals surface area contributed by atoms with E-state index in [0.29, 0.717) is 19.9 Å². The first-order valence-corrected chi connectivity index (χ1v) is 10.4. The van der Waals surface area contributed by atoms with E-state index < -0.39 is 0 Å². The number of thioether (sulfide) groups is 1. The highest BCUT2D eigenvalue weighted by molar-refractivity contribution is 8.18. The molecule has 4 rings (SSSR count). The molecule has 0 radical (unpaired) electrons. The number of benzene rings is 2. The van der Waals surface area contributed by atoms with E-state index in [2.05, 4.69) is 5.32 Å². The Morgan fingerprint density at radius 3 is 2.66 bits per heavy atom. The average molecular weight is 426 g/mol. The lowest BCUT2D eigenvalue weighted by Crippen LogP contribution is -2.37. The van der Waals surface area contributed by atoms with Crippen LogP contribution in [0.2, 0.25) is 0 Å². The molecule has 0 aliphatic carbocycles. The Labute approximate surface area is 174 Å². The van der Waals surface area contributed by atoms with Crippen molar-refractivity contribution in [1.82, 2.24) is 10.2 Å². The van der Waals surface area contributed by atoms with E-state index >= 15 is 0 Å². The molecule has 1 N–H and O–H groups in total. The standard InChI is InChI=1S/C21H15FN2O3S2/c22-15-7-4-8-16-14(15)12-17(28-16)19(25)23-9-10-24-20(26)18(29-21(24)27)11-13-5-2-1-3-6-13/h1-8,11-12H,9-10H2,(H,23,25)/b18-11-. The van der Waals surface area contributed by atoms with E-state index in [-0.39, 0.29) is 36.0 Å². The van der Waals surface area contributed by atoms with Gasteiger partial charge in [0.15, 0.2) is 0 Å². The summed E-state index contributed by atoms with van der Waals surface area (Å²) in [5, 5.41) is 2.72. The summed E-state index contributed by atoms with van der Waals surface area (Å²) in [6.07, 6.45) is 1.68. The lowest BCUT2D eigenvalue weighted by atomic mass is 10.2. The van der Waals surface area contributed by atoms with Crippen molar-refractivity contribution in [3.63, 3.8) is 0 Å². The van der Waals surface area contributed by atoms with Gasteiger partial charge in [-0.2, -0.15) is 0 Å². The topological polar surface area (TPSA) is 66.5 Å². The van der Waals surface area contributed by atoms with Gasteiger partial charge in [-0.1, -0.05) is 36.4 Å². The molecule has 1 saturated heterocycles. The number of imide groups is 1. The van der Waals surface area contributed by atoms with E-state index in [4.69, 9.17) is 0 Å². The third kappa shape index (κ3) is 4.08. The molecule has 2 aromatic carbocycles. The summed E-state index contributed by atoms with van der Waals surface area (Å²) in [5.74, 6) is -1.11. The Hall–Kier alpha value is -2.97. The zero-order valence-electron chi connectivity index (χ0n) is 15.1. The summed E-state index contributed by atoms with van der Waals surface area (Å²) in [7, 11) is 0. The summed E-state index contributed by atoms with van der Waals surface area (Å²) in [6.45, 7) is 0.189. The molecule has 5 nitrogen and oxygen atoms in total. The van der Waals surface area contributed by atoms with Crippen LogP contribution >= 0.6 is 23.1 Å². The number of carbonyl (C=O) groups excluding carboxylic acids is 3. The first-order valence-electron chi connectivity index (χ1n) is 8.79. The number of fused-ring (bicyclic) bond motifs is 1. The maximum absolute atomic E-state index is 13.8. The van der Waals surface area contributed by atoms with Crippen molar-refractivity contribution in [2.45, 2.75) is 0 Å². The minimum Gasteiger partial charge on any atom is -0.350 e. The predicted molar refractivity (Wildman–Crippen MR) is 113 cm³/mol. The van der Waals surface area contributed by atoms with Crippen LogP contribution in [0.5, 0.6) is 0 Å². The molecule has 0 saturated carbocycles. The fourth-order valence-corrected chi connectivity index (χ4v) is 4.76. The predicted octanol–water partition coefficient (Wildman–Crippen LogP) is 4.51. The van der Waals surface area contributed by atoms with E-state index in [1.165, 1.54) is 23.5 Å². The van der Waals surface area contributed by atoms with Gasteiger partial charge in [0.1, 0.15) is 5.82 Å². The molecule has 0 atom stereocenters. The second-order valence-corrected chi connectivity index (χ2v) is 8.34. The molecule has 1 aromatic heterocycles. The van der Waals surface area contributed by atoms with E-state index in [9.17, 15) is 18.8 Å². The molecular weight excluding hydrogens is 411 g/mol. The van der Waals surface area contributed by atoms with E-state index in [1.807, 2.05) is 30.3 Å². The normalized spacial score (nSPS) is 15.5. The molecule has 8 heteroatoms. The van der Waals surface area contributed by atoms with Gasteiger partial charge in [-0.05, 0) is 41.6 Å². The number of nitrogens with one attached hydrogen (secondary N) is 1. The van der Waals surface area contributed by atoms with Crippen LogP contribution in [0, 0.1) is 5.82 Å². The number of hydrogen-bond donors (Lipinski definition) is 1. The van der Waals surface area contributed by atoms with Crippen LogP contribution < -0.4 is 5.32 Å². The summed E-state index contributed by atoms with van der Waals surface area (Å²) in [5.41, 5.74) is 0.836. The maximum atomic E-state index is 13.8. The van der Waals surface area contributed by atoms with Crippen LogP contribution in [0.15, 0.2) is 59.5 Å². The van der Waals surface area contributed by atoms with Crippen molar-refractivity contribution < 1.29 is 18.8 Å². The lowest BCUT2D eigenvalue weighted by molar-refractivity contribution is -0.122. The molecule has 1 aliphatic heterocycles. The van der Waals surface area contributed by atoms with Gasteiger partial charge in [0.25, 0.3) is 17.1 Å². The fourth-order valence-electron chi connectivity index (χ4n) is 2.90. The summed E-state index contributed by atoms with van der Waals surface area (Å²) in [6, 6.07) is 15.5. The molecule has 29 heavy (non-hydrogen) atoms. The Bertz CT molecular complexity index is 1140. The highest BCUT2D eigenvalue weighted by Gasteiger charge is 2.34. The van der Waals surface area contributed by atoms with Crippen LogP contribution in [0.3, 0.4) is 0 Å². The van der Waals surface area contributed by atoms with Crippen molar-refractivity contribution >= 4 is 56.3 Å². The van der Waals surface area contributed by atoms with Crippen LogP contribution in [0.4, 0.5) is 9.18 Å². The first-order chi connectivity index (χ1) is 14.0. The lowest BCUT2D eigenvalue weighted by Gasteiger charge is -2.12. The van der Waals surface area contributed by atoms with Crippen molar-refractivity contribution in [3.8, 4) is 0 Å². The van der Waals surface area contributed by atoms with Gasteiger partial charge in [0.2, 0.25) is 0 Å². The number of nitrogens with zero attached hydrogens (tertiary/aromatic N) is 1. The minimum absolute atomic E-state index is 0.0712. The quantitative estimate of drug-likeness (QED) is 0.610. The summed E-state index contributed by atoms with van der Waals surface area (Å²) < 4.78 is 14.5. The van der Waals surface area contributed by atoms with Gasteiger partial charge in [-0.3, -0.25) is 19.3 Å². The number of halogens is 1. The Balaban J connectivity index is 1.38. The van der Waals surface area contributed by atoms with Crippen molar-refractivity contribution in [1.29, 1.82) is 0 Å². The molecule has 0 spiro atoms. The zero-order valence-corrected chi connectivity index (χ0v) is 16.7. The molecule has 1 fully saturated rings. The highest BCUT2D eigenvalue weighted by atomic mass is 32.2. The zero-order chi connectivity index (χ0) is 20.4. The Kier molecular flexibility index (Phi) is 5.46. The second-order valence-electron chi connectivity index (χ2n) is 6.26. The molecule has 3 amide bonds. The average Bonchev–Trinajstić information content (AvgIpc) is 3.26. The number of carbonyl (C=O) groups is 3. The molecule has 0 bridgehead atoms. The molecular formula is C21H15FN2O3S2. The maximum Gasteiger partial charge on any atom is 0.293 e. The molecule has 1 aliphatic rings. The smallest absolute Gasteiger partial charge is 0.293 e. The SMILES string of the molecule is O=C(NCCN1C(=O)S/C(=C\c2ccccc2)C1=O)c1cc2c(F)cccc2s1. The van der Waals surface area contributed by atoms with Gasteiger partial charge in [-0.15, -0.1) is 11.3 Å². The Morgan fingerprint density at radius 2 is 1.90 bits per heavy atom. The summed E-state index contributed by atoms with van der Waals surface area (Å²) in [4.78, 5) is 38.8. The van der Waals surface area contributed by atoms with Gasteiger partial charge >= 0.3 is 0 Å². The van der Waals surface area contributed by atoms with E-state index in [0.717, 1.165) is 22.2 Å². The van der Waals surface area contributed by atoms with Gasteiger partial charge < -0.3 is 5.32 Å². The van der Waals surface area contributed by atoms with Crippen molar-refractivity contribution in [2.75, 3.05) is 13.1 Å². The number of hydrogen-bond acceptors (Lipinski definition) is 5. The molecule has 0 unspecified atom stereocenters. The number of amides is 3. The highest BCUT2D eigenvalue weighted by Crippen LogP contribution is 2.32. The van der Waals surface area contributed by atoms with Gasteiger partial charge in [0, 0.05) is 23.2 Å². The van der Waals surface area contributed by atoms with Crippen molar-refractivity contribution in [2.24, 2.45) is 0 Å². The summed E-state index contributed by atoms with van der Waals surface area (Å²) >= 11 is 2.07. The largest absolute Gasteiger partial charge is 0.350 e. The van der Waals surface area contributed by atoms with Gasteiger partial charge in [0.05, 0.1) is 9.78 Å². The molecule has 3 aromatic rings. The molecule has 2 heterocycles. The van der Waals surface area contributed by atoms with Crippen LogP contribution in [-0.4, -0.2) is 35.0 Å². The third-order valence-corrected chi connectivity index (χ3v) is 6.33. The van der Waals surface area contributed by atoms with Crippen LogP contribution in [0.25, 0.3) is 16.2 Å².